The Labute approximate surface area is 198 Å². The number of hydrogen-bond donors (Lipinski definition) is 9. The Balaban J connectivity index is 1.85. The second-order valence-corrected chi connectivity index (χ2v) is 8.54. The molecule has 0 aromatic rings. The van der Waals surface area contributed by atoms with E-state index in [9.17, 15) is 50.8 Å². The van der Waals surface area contributed by atoms with Gasteiger partial charge in [-0.15, -0.1) is 0 Å². The van der Waals surface area contributed by atoms with Gasteiger partial charge in [0.15, 0.2) is 25.0 Å². The summed E-state index contributed by atoms with van der Waals surface area (Å²) in [7, 11) is 0.991. The van der Waals surface area contributed by atoms with Gasteiger partial charge in [-0.3, -0.25) is 0 Å². The maximum Gasteiger partial charge on any atom is 0.337 e. The van der Waals surface area contributed by atoms with Crippen LogP contribution in [0.1, 0.15) is 6.92 Å². The smallest absolute Gasteiger partial charge is 0.337 e. The predicted octanol–water partition coefficient (Wildman–Crippen LogP) is -6.36. The number of methoxy groups -OCH3 is 1. The number of esters is 1. The first-order valence-corrected chi connectivity index (χ1v) is 10.8. The average molecular weight is 516 g/mol. The van der Waals surface area contributed by atoms with Crippen LogP contribution in [0.4, 0.5) is 0 Å². The Morgan fingerprint density at radius 3 is 1.94 bits per heavy atom. The molecular formula is C19H32O16. The molecule has 0 unspecified atom stereocenters. The lowest BCUT2D eigenvalue weighted by atomic mass is 9.96. The highest BCUT2D eigenvalue weighted by molar-refractivity contribution is 5.75. The molecule has 3 aliphatic rings. The van der Waals surface area contributed by atoms with Gasteiger partial charge < -0.3 is 74.4 Å². The SMILES string of the molecule is COC(=O)[C@H]1O[C@@H](O)[C@H](O)[C@@H](O[C@@H]2O[C@H](CO)[C@@H](O)[C@H](O)[C@H]2O[C@@H]2O[C@@H](C)[C@H](O)[C@@H](O)[C@H]2O)[C@@H]1O. The number of aliphatic hydroxyl groups excluding tert-OH is 9. The van der Waals surface area contributed by atoms with Gasteiger partial charge in [0.25, 0.3) is 0 Å². The lowest BCUT2D eigenvalue weighted by molar-refractivity contribution is -0.384. The third-order valence-electron chi connectivity index (χ3n) is 6.21. The first-order valence-electron chi connectivity index (χ1n) is 10.8. The standard InChI is InChI=1S/C19H32O16/c1-4-6(21)8(23)10(25)18(31-4)35-15-9(24)7(22)5(3-20)32-19(15)34-13-11(26)14(17(29)30-2)33-16(28)12(13)27/h4-16,18-28H,3H2,1-2H3/t4-,5+,6-,7+,8+,9-,10+,11-,12+,13-,14-,15+,16+,18-,19-/m0/s1. The van der Waals surface area contributed by atoms with Crippen molar-refractivity contribution in [2.75, 3.05) is 13.7 Å². The molecule has 3 heterocycles. The predicted molar refractivity (Wildman–Crippen MR) is 105 cm³/mol. The third kappa shape index (κ3) is 5.60. The number of hydrogen-bond acceptors (Lipinski definition) is 16. The van der Waals surface area contributed by atoms with Gasteiger partial charge in [0.05, 0.1) is 19.8 Å². The van der Waals surface area contributed by atoms with Gasteiger partial charge in [-0.25, -0.2) is 4.79 Å². The van der Waals surface area contributed by atoms with Gasteiger partial charge in [-0.1, -0.05) is 0 Å². The summed E-state index contributed by atoms with van der Waals surface area (Å²) in [6.45, 7) is 0.569. The first kappa shape index (κ1) is 28.5. The lowest BCUT2D eigenvalue weighted by Gasteiger charge is -2.47. The first-order chi connectivity index (χ1) is 16.4. The Hall–Kier alpha value is -1.09. The van der Waals surface area contributed by atoms with Crippen LogP contribution in [0.2, 0.25) is 0 Å². The molecule has 16 heteroatoms. The number of aliphatic hydroxyl groups is 9. The van der Waals surface area contributed by atoms with Gasteiger partial charge in [-0.05, 0) is 6.92 Å². The van der Waals surface area contributed by atoms with E-state index in [0.717, 1.165) is 7.11 Å². The zero-order valence-corrected chi connectivity index (χ0v) is 18.8. The van der Waals surface area contributed by atoms with Crippen molar-refractivity contribution in [1.29, 1.82) is 0 Å². The van der Waals surface area contributed by atoms with Crippen LogP contribution in [0, 0.1) is 0 Å². The fourth-order valence-electron chi connectivity index (χ4n) is 4.07. The van der Waals surface area contributed by atoms with E-state index in [0.29, 0.717) is 0 Å². The lowest BCUT2D eigenvalue weighted by Crippen LogP contribution is -2.67. The molecule has 16 nitrogen and oxygen atoms in total. The van der Waals surface area contributed by atoms with Crippen molar-refractivity contribution in [2.45, 2.75) is 99.0 Å². The van der Waals surface area contributed by atoms with Gasteiger partial charge in [0.1, 0.15) is 61.0 Å². The molecule has 0 aliphatic carbocycles. The molecule has 3 fully saturated rings. The van der Waals surface area contributed by atoms with Crippen molar-refractivity contribution in [1.82, 2.24) is 0 Å². The highest BCUT2D eigenvalue weighted by Gasteiger charge is 2.54. The van der Waals surface area contributed by atoms with E-state index >= 15 is 0 Å². The maximum absolute atomic E-state index is 11.9. The minimum absolute atomic E-state index is 0.804. The van der Waals surface area contributed by atoms with Crippen molar-refractivity contribution in [2.24, 2.45) is 0 Å². The summed E-state index contributed by atoms with van der Waals surface area (Å²) in [5.74, 6) is -1.10. The van der Waals surface area contributed by atoms with Crippen LogP contribution in [0.5, 0.6) is 0 Å². The molecule has 9 N–H and O–H groups in total. The molecular weight excluding hydrogens is 484 g/mol. The van der Waals surface area contributed by atoms with Gasteiger partial charge in [0, 0.05) is 0 Å². The summed E-state index contributed by atoms with van der Waals surface area (Å²) in [4.78, 5) is 11.9. The Bertz CT molecular complexity index is 710. The topological polar surface area (TPSA) is 255 Å². The maximum atomic E-state index is 11.9. The largest absolute Gasteiger partial charge is 0.467 e. The molecule has 0 radical (unpaired) electrons. The number of carbonyl (C=O) groups is 1. The van der Waals surface area contributed by atoms with E-state index in [-0.39, 0.29) is 0 Å². The molecule has 3 saturated heterocycles. The number of rotatable bonds is 6. The molecule has 0 aromatic carbocycles. The molecule has 0 bridgehead atoms. The second-order valence-electron chi connectivity index (χ2n) is 8.54. The minimum Gasteiger partial charge on any atom is -0.467 e. The van der Waals surface area contributed by atoms with Gasteiger partial charge in [-0.2, -0.15) is 0 Å². The quantitative estimate of drug-likeness (QED) is 0.149. The average Bonchev–Trinajstić information content (AvgIpc) is 2.84. The van der Waals surface area contributed by atoms with Crippen molar-refractivity contribution in [3.8, 4) is 0 Å². The molecule has 0 aromatic heterocycles. The highest BCUT2D eigenvalue weighted by atomic mass is 16.8. The number of ether oxygens (including phenoxy) is 6. The summed E-state index contributed by atoms with van der Waals surface area (Å²) in [5, 5.41) is 91.4. The van der Waals surface area contributed by atoms with Gasteiger partial charge >= 0.3 is 5.97 Å². The fraction of sp³-hybridized carbons (Fsp3) is 0.947. The normalized spacial score (nSPS) is 51.1. The number of carbonyl (C=O) groups excluding carboxylic acids is 1. The van der Waals surface area contributed by atoms with Crippen LogP contribution in [-0.2, 0) is 33.2 Å². The molecule has 15 atom stereocenters. The van der Waals surface area contributed by atoms with E-state index in [2.05, 4.69) is 4.74 Å². The van der Waals surface area contributed by atoms with Crippen LogP contribution in [0.3, 0.4) is 0 Å². The summed E-state index contributed by atoms with van der Waals surface area (Å²) in [6.07, 6.45) is -25.7. The molecule has 3 aliphatic heterocycles. The van der Waals surface area contributed by atoms with Gasteiger partial charge in [0.2, 0.25) is 0 Å². The fourth-order valence-corrected chi connectivity index (χ4v) is 4.07. The molecule has 204 valence electrons. The van der Waals surface area contributed by atoms with E-state index in [1.165, 1.54) is 6.92 Å². The molecule has 0 saturated carbocycles. The zero-order valence-electron chi connectivity index (χ0n) is 18.8. The molecule has 0 amide bonds. The Kier molecular flexibility index (Phi) is 9.38. The zero-order chi connectivity index (χ0) is 26.2. The summed E-state index contributed by atoms with van der Waals surface area (Å²) in [6, 6.07) is 0. The van der Waals surface area contributed by atoms with Crippen LogP contribution < -0.4 is 0 Å². The summed E-state index contributed by atoms with van der Waals surface area (Å²) < 4.78 is 31.2. The van der Waals surface area contributed by atoms with E-state index in [4.69, 9.17) is 23.7 Å². The van der Waals surface area contributed by atoms with Crippen LogP contribution in [0.25, 0.3) is 0 Å². The van der Waals surface area contributed by atoms with Crippen LogP contribution in [-0.4, -0.2) is 158 Å². The summed E-state index contributed by atoms with van der Waals surface area (Å²) >= 11 is 0. The van der Waals surface area contributed by atoms with E-state index < -0.39 is 105 Å². The monoisotopic (exact) mass is 516 g/mol. The van der Waals surface area contributed by atoms with E-state index in [1.54, 1.807) is 0 Å². The van der Waals surface area contributed by atoms with E-state index in [1.807, 2.05) is 0 Å². The van der Waals surface area contributed by atoms with Crippen LogP contribution >= 0.6 is 0 Å². The molecule has 0 spiro atoms. The molecule has 35 heavy (non-hydrogen) atoms. The molecule has 3 rings (SSSR count). The van der Waals surface area contributed by atoms with Crippen molar-refractivity contribution in [3.05, 3.63) is 0 Å². The Morgan fingerprint density at radius 2 is 1.34 bits per heavy atom. The van der Waals surface area contributed by atoms with Crippen LogP contribution in [0.15, 0.2) is 0 Å². The minimum atomic E-state index is -2.01. The van der Waals surface area contributed by atoms with Crippen molar-refractivity contribution >= 4 is 5.97 Å². The highest BCUT2D eigenvalue weighted by Crippen LogP contribution is 2.32. The second kappa shape index (κ2) is 11.5. The van der Waals surface area contributed by atoms with Crippen molar-refractivity contribution in [3.63, 3.8) is 0 Å². The summed E-state index contributed by atoms with van der Waals surface area (Å²) in [5.41, 5.74) is 0. The Morgan fingerprint density at radius 1 is 0.714 bits per heavy atom. The van der Waals surface area contributed by atoms with Crippen molar-refractivity contribution < 1.29 is 79.2 Å². The third-order valence-corrected chi connectivity index (χ3v) is 6.21.